The minimum Gasteiger partial charge on any atom is -0.298 e. The van der Waals surface area contributed by atoms with Gasteiger partial charge in [-0.2, -0.15) is 0 Å². The summed E-state index contributed by atoms with van der Waals surface area (Å²) in [6, 6.07) is 11.0. The van der Waals surface area contributed by atoms with Gasteiger partial charge in [-0.3, -0.25) is 9.59 Å². The maximum atomic E-state index is 12.2. The van der Waals surface area contributed by atoms with Crippen LogP contribution in [0, 0.1) is 0 Å². The van der Waals surface area contributed by atoms with Crippen molar-refractivity contribution in [3.63, 3.8) is 0 Å². The molecular weight excluding hydrogens is 467 g/mol. The van der Waals surface area contributed by atoms with Crippen LogP contribution in [-0.4, -0.2) is 33.0 Å². The van der Waals surface area contributed by atoms with E-state index in [1.807, 2.05) is 24.3 Å². The quantitative estimate of drug-likeness (QED) is 0.315. The van der Waals surface area contributed by atoms with E-state index in [-0.39, 0.29) is 35.9 Å². The molecule has 0 aliphatic carbocycles. The number of fused-ring (bicyclic) bond motifs is 2. The Morgan fingerprint density at radius 2 is 1.24 bits per heavy atom. The van der Waals surface area contributed by atoms with Gasteiger partial charge in [0.2, 0.25) is 0 Å². The largest absolute Gasteiger partial charge is 0.298 e. The second-order valence-corrected chi connectivity index (χ2v) is 10.5. The van der Waals surface area contributed by atoms with Gasteiger partial charge in [-0.15, -0.1) is 34.4 Å². The monoisotopic (exact) mass is 480 g/mol. The van der Waals surface area contributed by atoms with E-state index in [1.165, 1.54) is 34.4 Å². The zero-order valence-electron chi connectivity index (χ0n) is 15.0. The molecule has 2 aromatic heterocycles. The molecule has 0 spiro atoms. The van der Waals surface area contributed by atoms with Crippen molar-refractivity contribution >= 4 is 89.6 Å². The molecule has 0 aliphatic rings. The van der Waals surface area contributed by atoms with E-state index >= 15 is 0 Å². The molecule has 0 unspecified atom stereocenters. The molecule has 0 saturated heterocycles. The maximum absolute atomic E-state index is 12.2. The van der Waals surface area contributed by atoms with Crippen LogP contribution in [0.15, 0.2) is 36.4 Å². The second kappa shape index (κ2) is 9.10. The summed E-state index contributed by atoms with van der Waals surface area (Å²) in [4.78, 5) is 33.4. The van der Waals surface area contributed by atoms with Crippen LogP contribution < -0.4 is 0 Å². The van der Waals surface area contributed by atoms with Crippen molar-refractivity contribution in [1.29, 1.82) is 0 Å². The van der Waals surface area contributed by atoms with Crippen molar-refractivity contribution < 1.29 is 9.59 Å². The Morgan fingerprint density at radius 3 is 1.69 bits per heavy atom. The molecule has 0 radical (unpaired) electrons. The van der Waals surface area contributed by atoms with Crippen LogP contribution in [0.4, 0.5) is 0 Å². The van der Waals surface area contributed by atoms with Crippen LogP contribution in [0.5, 0.6) is 0 Å². The molecular formula is C20H14Cl2N2O2S3. The first-order valence-corrected chi connectivity index (χ1v) is 12.2. The van der Waals surface area contributed by atoms with Crippen LogP contribution in [-0.2, 0) is 22.4 Å². The van der Waals surface area contributed by atoms with Gasteiger partial charge in [-0.05, 0) is 36.4 Å². The lowest BCUT2D eigenvalue weighted by Crippen LogP contribution is -2.10. The first-order valence-electron chi connectivity index (χ1n) is 8.67. The minimum absolute atomic E-state index is 0.0579. The molecule has 9 heteroatoms. The van der Waals surface area contributed by atoms with Crippen LogP contribution in [0.1, 0.15) is 10.0 Å². The third kappa shape index (κ3) is 5.35. The summed E-state index contributed by atoms with van der Waals surface area (Å²) in [7, 11) is 0. The summed E-state index contributed by atoms with van der Waals surface area (Å²) >= 11 is 16.3. The number of benzene rings is 2. The Morgan fingerprint density at radius 1 is 0.793 bits per heavy atom. The van der Waals surface area contributed by atoms with E-state index in [0.717, 1.165) is 30.4 Å². The molecule has 29 heavy (non-hydrogen) atoms. The normalized spacial score (nSPS) is 11.4. The molecule has 0 bridgehead atoms. The highest BCUT2D eigenvalue weighted by Crippen LogP contribution is 2.26. The first kappa shape index (κ1) is 20.8. The Labute approximate surface area is 189 Å². The Balaban J connectivity index is 1.26. The Hall–Kier alpha value is -1.51. The van der Waals surface area contributed by atoms with Crippen LogP contribution >= 0.6 is 57.6 Å². The number of hydrogen-bond donors (Lipinski definition) is 0. The van der Waals surface area contributed by atoms with E-state index in [9.17, 15) is 9.59 Å². The molecule has 0 fully saturated rings. The fourth-order valence-corrected chi connectivity index (χ4v) is 5.81. The van der Waals surface area contributed by atoms with Gasteiger partial charge >= 0.3 is 0 Å². The lowest BCUT2D eigenvalue weighted by Gasteiger charge is -1.99. The van der Waals surface area contributed by atoms with Crippen molar-refractivity contribution in [1.82, 2.24) is 9.97 Å². The summed E-state index contributed by atoms with van der Waals surface area (Å²) in [5.74, 6) is 0.695. The number of halogens is 2. The maximum Gasteiger partial charge on any atom is 0.149 e. The third-order valence-electron chi connectivity index (χ3n) is 4.01. The Bertz CT molecular complexity index is 1130. The molecule has 4 rings (SSSR count). The van der Waals surface area contributed by atoms with Crippen molar-refractivity contribution in [2.45, 2.75) is 12.8 Å². The highest BCUT2D eigenvalue weighted by Gasteiger charge is 2.13. The number of thiazole rings is 2. The van der Waals surface area contributed by atoms with E-state index in [0.29, 0.717) is 10.0 Å². The van der Waals surface area contributed by atoms with Crippen molar-refractivity contribution in [3.05, 3.63) is 56.5 Å². The van der Waals surface area contributed by atoms with Crippen molar-refractivity contribution in [3.8, 4) is 0 Å². The van der Waals surface area contributed by atoms with Crippen LogP contribution in [0.3, 0.4) is 0 Å². The molecule has 0 amide bonds. The van der Waals surface area contributed by atoms with Crippen LogP contribution in [0.25, 0.3) is 20.4 Å². The topological polar surface area (TPSA) is 59.9 Å². The molecule has 4 aromatic rings. The lowest BCUT2D eigenvalue weighted by atomic mass is 10.3. The van der Waals surface area contributed by atoms with E-state index < -0.39 is 0 Å². The third-order valence-corrected chi connectivity index (χ3v) is 7.61. The zero-order chi connectivity index (χ0) is 20.4. The number of aromatic nitrogens is 2. The number of rotatable bonds is 8. The van der Waals surface area contributed by atoms with Gasteiger partial charge in [0.1, 0.15) is 21.6 Å². The van der Waals surface area contributed by atoms with Gasteiger partial charge in [-0.1, -0.05) is 23.2 Å². The predicted octanol–water partition coefficient (Wildman–Crippen LogP) is 5.87. The fourth-order valence-electron chi connectivity index (χ4n) is 2.77. The number of Topliss-reactive ketones (excluding diaryl/α,β-unsaturated/α-hetero) is 2. The minimum atomic E-state index is 0.0579. The highest BCUT2D eigenvalue weighted by molar-refractivity contribution is 8.00. The van der Waals surface area contributed by atoms with Gasteiger partial charge < -0.3 is 0 Å². The van der Waals surface area contributed by atoms with Crippen LogP contribution in [0.2, 0.25) is 10.0 Å². The summed E-state index contributed by atoms with van der Waals surface area (Å²) < 4.78 is 2.02. The molecule has 0 N–H and O–H groups in total. The summed E-state index contributed by atoms with van der Waals surface area (Å²) in [5.41, 5.74) is 1.62. The highest BCUT2D eigenvalue weighted by atomic mass is 35.5. The lowest BCUT2D eigenvalue weighted by molar-refractivity contribution is -0.116. The number of nitrogens with zero attached hydrogens (tertiary/aromatic N) is 2. The number of carbonyl (C=O) groups excluding carboxylic acids is 2. The van der Waals surface area contributed by atoms with Gasteiger partial charge in [0.25, 0.3) is 0 Å². The van der Waals surface area contributed by atoms with Gasteiger partial charge in [-0.25, -0.2) is 9.97 Å². The Kier molecular flexibility index (Phi) is 6.51. The molecule has 4 nitrogen and oxygen atoms in total. The predicted molar refractivity (Wildman–Crippen MR) is 124 cm³/mol. The van der Waals surface area contributed by atoms with Crippen molar-refractivity contribution in [2.75, 3.05) is 11.5 Å². The van der Waals surface area contributed by atoms with Crippen molar-refractivity contribution in [2.24, 2.45) is 0 Å². The van der Waals surface area contributed by atoms with Gasteiger partial charge in [0, 0.05) is 10.0 Å². The smallest absolute Gasteiger partial charge is 0.149 e. The zero-order valence-corrected chi connectivity index (χ0v) is 18.9. The number of thioether (sulfide) groups is 1. The SMILES string of the molecule is O=C(CSCC(=O)Cc1nc2cc(Cl)ccc2s1)Cc1nc2cc(Cl)ccc2s1. The average Bonchev–Trinajstić information content (AvgIpc) is 3.23. The summed E-state index contributed by atoms with van der Waals surface area (Å²) in [6.45, 7) is 0. The van der Waals surface area contributed by atoms with E-state index in [2.05, 4.69) is 9.97 Å². The van der Waals surface area contributed by atoms with E-state index in [4.69, 9.17) is 23.2 Å². The molecule has 2 aromatic carbocycles. The standard InChI is InChI=1S/C20H14Cl2N2O2S3/c21-11-1-3-17-15(5-11)23-19(28-17)7-13(25)9-27-10-14(26)8-20-24-16-6-12(22)2-4-18(16)29-20/h1-6H,7-10H2. The van der Waals surface area contributed by atoms with E-state index in [1.54, 1.807) is 12.1 Å². The molecule has 0 saturated carbocycles. The number of ketones is 2. The number of carbonyl (C=O) groups is 2. The second-order valence-electron chi connectivity index (χ2n) is 6.36. The molecule has 148 valence electrons. The number of hydrogen-bond acceptors (Lipinski definition) is 7. The molecule has 2 heterocycles. The average molecular weight is 481 g/mol. The fraction of sp³-hybridized carbons (Fsp3) is 0.200. The summed E-state index contributed by atoms with van der Waals surface area (Å²) in [6.07, 6.45) is 0.549. The molecule has 0 atom stereocenters. The van der Waals surface area contributed by atoms with Gasteiger partial charge in [0.15, 0.2) is 0 Å². The summed E-state index contributed by atoms with van der Waals surface area (Å²) in [5, 5.41) is 2.80. The molecule has 0 aliphatic heterocycles. The van der Waals surface area contributed by atoms with Gasteiger partial charge in [0.05, 0.1) is 44.8 Å². The first-order chi connectivity index (χ1) is 14.0.